The number of carbonyl (C=O) groups is 2. The van der Waals surface area contributed by atoms with Crippen molar-refractivity contribution in [1.29, 1.82) is 0 Å². The van der Waals surface area contributed by atoms with E-state index in [9.17, 15) is 9.59 Å². The van der Waals surface area contributed by atoms with Crippen molar-refractivity contribution in [2.24, 2.45) is 0 Å². The van der Waals surface area contributed by atoms with Gasteiger partial charge in [-0.3, -0.25) is 0 Å². The van der Waals surface area contributed by atoms with E-state index in [-0.39, 0.29) is 6.61 Å². The predicted octanol–water partition coefficient (Wildman–Crippen LogP) is 4.18. The van der Waals surface area contributed by atoms with Gasteiger partial charge in [0, 0.05) is 17.8 Å². The van der Waals surface area contributed by atoms with E-state index in [1.165, 1.54) is 0 Å². The van der Waals surface area contributed by atoms with Gasteiger partial charge in [0.1, 0.15) is 11.9 Å². The van der Waals surface area contributed by atoms with Gasteiger partial charge in [0.25, 0.3) is 0 Å². The summed E-state index contributed by atoms with van der Waals surface area (Å²) >= 11 is 0. The van der Waals surface area contributed by atoms with Crippen LogP contribution in [0.2, 0.25) is 0 Å². The Bertz CT molecular complexity index is 1200. The minimum absolute atomic E-state index is 0.225. The molecule has 0 spiro atoms. The molecular formula is C27H29NO7. The number of rotatable bonds is 7. The van der Waals surface area contributed by atoms with Crippen LogP contribution in [-0.4, -0.2) is 39.9 Å². The van der Waals surface area contributed by atoms with Gasteiger partial charge in [0.05, 0.1) is 45.0 Å². The normalized spacial score (nSPS) is 19.4. The number of hydrogen-bond donors (Lipinski definition) is 1. The van der Waals surface area contributed by atoms with Crippen LogP contribution in [0, 0.1) is 0 Å². The zero-order valence-electron chi connectivity index (χ0n) is 20.5. The fraction of sp³-hybridized carbons (Fsp3) is 0.333. The molecule has 2 heterocycles. The van der Waals surface area contributed by atoms with Gasteiger partial charge in [-0.05, 0) is 49.2 Å². The van der Waals surface area contributed by atoms with Crippen molar-refractivity contribution in [3.63, 3.8) is 0 Å². The minimum atomic E-state index is -0.630. The second-order valence-corrected chi connectivity index (χ2v) is 8.20. The smallest absolute Gasteiger partial charge is 0.337 e. The molecule has 184 valence electrons. The molecule has 0 radical (unpaired) electrons. The van der Waals surface area contributed by atoms with Crippen molar-refractivity contribution in [3.05, 3.63) is 76.1 Å². The van der Waals surface area contributed by atoms with Crippen LogP contribution in [0.25, 0.3) is 0 Å². The summed E-state index contributed by atoms with van der Waals surface area (Å²) in [5, 5.41) is 3.29. The Kier molecular flexibility index (Phi) is 7.00. The first kappa shape index (κ1) is 24.2. The van der Waals surface area contributed by atoms with E-state index >= 15 is 0 Å². The molecule has 0 bridgehead atoms. The molecule has 0 amide bonds. The summed E-state index contributed by atoms with van der Waals surface area (Å²) in [6.45, 7) is 3.79. The quantitative estimate of drug-likeness (QED) is 0.592. The highest BCUT2D eigenvalue weighted by molar-refractivity contribution is 6.00. The Morgan fingerprint density at radius 3 is 2.31 bits per heavy atom. The first-order chi connectivity index (χ1) is 16.9. The van der Waals surface area contributed by atoms with E-state index < -0.39 is 24.0 Å². The van der Waals surface area contributed by atoms with Gasteiger partial charge in [-0.2, -0.15) is 0 Å². The average molecular weight is 480 g/mol. The number of dihydropyridines is 1. The zero-order valence-corrected chi connectivity index (χ0v) is 20.5. The molecule has 0 saturated carbocycles. The van der Waals surface area contributed by atoms with Crippen molar-refractivity contribution in [2.75, 3.05) is 27.9 Å². The molecule has 8 heteroatoms. The van der Waals surface area contributed by atoms with Crippen LogP contribution in [-0.2, 0) is 19.1 Å². The highest BCUT2D eigenvalue weighted by Crippen LogP contribution is 2.45. The van der Waals surface area contributed by atoms with E-state index in [0.717, 1.165) is 11.1 Å². The summed E-state index contributed by atoms with van der Waals surface area (Å²) in [4.78, 5) is 26.4. The maximum atomic E-state index is 13.5. The molecule has 8 nitrogen and oxygen atoms in total. The van der Waals surface area contributed by atoms with Crippen molar-refractivity contribution in [1.82, 2.24) is 5.32 Å². The lowest BCUT2D eigenvalue weighted by Gasteiger charge is -2.36. The molecule has 1 N–H and O–H groups in total. The van der Waals surface area contributed by atoms with Crippen LogP contribution in [0.15, 0.2) is 65.0 Å². The fourth-order valence-corrected chi connectivity index (χ4v) is 4.57. The Balaban J connectivity index is 1.76. The topological polar surface area (TPSA) is 92.3 Å². The molecule has 0 saturated heterocycles. The van der Waals surface area contributed by atoms with Crippen LogP contribution in [0.1, 0.15) is 43.4 Å². The third kappa shape index (κ3) is 4.56. The first-order valence-electron chi connectivity index (χ1n) is 11.4. The number of methoxy groups -OCH3 is 3. The summed E-state index contributed by atoms with van der Waals surface area (Å²) in [5.41, 5.74) is 3.70. The summed E-state index contributed by atoms with van der Waals surface area (Å²) < 4.78 is 27.3. The number of benzene rings is 2. The maximum Gasteiger partial charge on any atom is 0.337 e. The molecule has 4 rings (SSSR count). The van der Waals surface area contributed by atoms with Crippen LogP contribution < -0.4 is 19.5 Å². The SMILES string of the molecule is CCOC(=O)C1=C(C)NC2=C(C(=O)OC(c3ccc(OC)c(OC)c3)C2)C1c1ccc(OC)cc1. The minimum Gasteiger partial charge on any atom is -0.497 e. The Labute approximate surface area is 204 Å². The third-order valence-electron chi connectivity index (χ3n) is 6.23. The van der Waals surface area contributed by atoms with Gasteiger partial charge >= 0.3 is 11.9 Å². The molecule has 2 atom stereocenters. The number of carbonyl (C=O) groups excluding carboxylic acids is 2. The lowest BCUT2D eigenvalue weighted by Crippen LogP contribution is -2.37. The molecule has 2 aromatic rings. The van der Waals surface area contributed by atoms with Crippen LogP contribution in [0.3, 0.4) is 0 Å². The third-order valence-corrected chi connectivity index (χ3v) is 6.23. The highest BCUT2D eigenvalue weighted by Gasteiger charge is 2.42. The number of nitrogens with one attached hydrogen (secondary N) is 1. The highest BCUT2D eigenvalue weighted by atomic mass is 16.5. The number of cyclic esters (lactones) is 1. The van der Waals surface area contributed by atoms with Gasteiger partial charge in [-0.1, -0.05) is 18.2 Å². The van der Waals surface area contributed by atoms with Gasteiger partial charge in [0.2, 0.25) is 0 Å². The molecule has 35 heavy (non-hydrogen) atoms. The van der Waals surface area contributed by atoms with Crippen LogP contribution in [0.5, 0.6) is 17.2 Å². The van der Waals surface area contributed by atoms with Crippen molar-refractivity contribution < 1.29 is 33.3 Å². The second kappa shape index (κ2) is 10.1. The summed E-state index contributed by atoms with van der Waals surface area (Å²) in [6.07, 6.45) is -0.113. The number of ether oxygens (including phenoxy) is 5. The zero-order chi connectivity index (χ0) is 25.1. The Hall–Kier alpha value is -3.94. The number of esters is 2. The van der Waals surface area contributed by atoms with E-state index in [0.29, 0.717) is 46.2 Å². The molecule has 0 fully saturated rings. The monoisotopic (exact) mass is 479 g/mol. The van der Waals surface area contributed by atoms with Crippen molar-refractivity contribution in [3.8, 4) is 17.2 Å². The summed E-state index contributed by atoms with van der Waals surface area (Å²) in [5.74, 6) is 0.221. The average Bonchev–Trinajstić information content (AvgIpc) is 2.87. The number of allylic oxidation sites excluding steroid dienone is 1. The van der Waals surface area contributed by atoms with E-state index in [4.69, 9.17) is 23.7 Å². The van der Waals surface area contributed by atoms with Crippen molar-refractivity contribution in [2.45, 2.75) is 32.3 Å². The van der Waals surface area contributed by atoms with Gasteiger partial charge in [-0.15, -0.1) is 0 Å². The number of hydrogen-bond acceptors (Lipinski definition) is 8. The van der Waals surface area contributed by atoms with E-state index in [1.54, 1.807) is 52.5 Å². The predicted molar refractivity (Wildman–Crippen MR) is 128 cm³/mol. The maximum absolute atomic E-state index is 13.5. The summed E-state index contributed by atoms with van der Waals surface area (Å²) in [7, 11) is 4.71. The molecule has 0 aliphatic carbocycles. The largest absolute Gasteiger partial charge is 0.497 e. The lowest BCUT2D eigenvalue weighted by molar-refractivity contribution is -0.146. The first-order valence-corrected chi connectivity index (χ1v) is 11.4. The van der Waals surface area contributed by atoms with Gasteiger partial charge in [-0.25, -0.2) is 9.59 Å². The molecule has 0 aromatic heterocycles. The van der Waals surface area contributed by atoms with Crippen LogP contribution in [0.4, 0.5) is 0 Å². The van der Waals surface area contributed by atoms with E-state index in [2.05, 4.69) is 5.32 Å². The molecule has 2 aliphatic rings. The Morgan fingerprint density at radius 2 is 1.69 bits per heavy atom. The van der Waals surface area contributed by atoms with Gasteiger partial charge < -0.3 is 29.0 Å². The standard InChI is InChI=1S/C27H29NO7/c1-6-34-26(29)23-15(2)28-19-14-21(17-9-12-20(32-4)22(13-17)33-5)35-27(30)25(19)24(23)16-7-10-18(31-3)11-8-16/h7-13,21,24,28H,6,14H2,1-5H3. The second-order valence-electron chi connectivity index (χ2n) is 8.20. The lowest BCUT2D eigenvalue weighted by atomic mass is 9.78. The molecule has 2 aliphatic heterocycles. The van der Waals surface area contributed by atoms with Crippen LogP contribution >= 0.6 is 0 Å². The molecule has 2 unspecified atom stereocenters. The molecular weight excluding hydrogens is 450 g/mol. The Morgan fingerprint density at radius 1 is 1.00 bits per heavy atom. The van der Waals surface area contributed by atoms with Gasteiger partial charge in [0.15, 0.2) is 11.5 Å². The molecule has 2 aromatic carbocycles. The summed E-state index contributed by atoms with van der Waals surface area (Å²) in [6, 6.07) is 12.7. The van der Waals surface area contributed by atoms with E-state index in [1.807, 2.05) is 25.1 Å². The fourth-order valence-electron chi connectivity index (χ4n) is 4.57. The van der Waals surface area contributed by atoms with Crippen molar-refractivity contribution >= 4 is 11.9 Å².